The maximum Gasteiger partial charge on any atom is 0.144 e. The first-order valence-electron chi connectivity index (χ1n) is 4.67. The van der Waals surface area contributed by atoms with Gasteiger partial charge in [-0.2, -0.15) is 0 Å². The van der Waals surface area contributed by atoms with Crippen molar-refractivity contribution in [3.8, 4) is 0 Å². The van der Waals surface area contributed by atoms with Crippen LogP contribution in [0.25, 0.3) is 0 Å². The van der Waals surface area contributed by atoms with Gasteiger partial charge in [-0.15, -0.1) is 0 Å². The number of hydrogen-bond donors (Lipinski definition) is 0. The first-order valence-corrected chi connectivity index (χ1v) is 6.57. The van der Waals surface area contributed by atoms with Crippen molar-refractivity contribution in [3.63, 3.8) is 0 Å². The Bertz CT molecular complexity index is 309. The highest BCUT2D eigenvalue weighted by molar-refractivity contribution is 9.10. The summed E-state index contributed by atoms with van der Waals surface area (Å²) in [6.07, 6.45) is 7.21. The van der Waals surface area contributed by atoms with E-state index in [-0.39, 0.29) is 9.07 Å². The molecule has 0 saturated heterocycles. The Morgan fingerprint density at radius 3 is 2.73 bits per heavy atom. The molecule has 3 nitrogen and oxygen atoms in total. The molecule has 0 spiro atoms. The van der Waals surface area contributed by atoms with Gasteiger partial charge in [-0.1, -0.05) is 26.4 Å². The normalized spacial score (nSPS) is 28.6. The third kappa shape index (κ3) is 4.09. The lowest BCUT2D eigenvalue weighted by Gasteiger charge is -2.21. The van der Waals surface area contributed by atoms with Crippen molar-refractivity contribution in [1.29, 1.82) is 0 Å². The zero-order valence-corrected chi connectivity index (χ0v) is 11.5. The van der Waals surface area contributed by atoms with E-state index in [1.165, 1.54) is 0 Å². The number of allylic oxidation sites excluding steroid dienone is 1. The van der Waals surface area contributed by atoms with E-state index in [9.17, 15) is 4.55 Å². The summed E-state index contributed by atoms with van der Waals surface area (Å²) >= 11 is 2.30. The molecule has 0 fully saturated rings. The van der Waals surface area contributed by atoms with Crippen LogP contribution in [0.4, 0.5) is 0 Å². The average Bonchev–Trinajstić information content (AvgIpc) is 2.14. The number of alkyl halides is 1. The smallest absolute Gasteiger partial charge is 0.144 e. The number of halogens is 1. The highest BCUT2D eigenvalue weighted by atomic mass is 79.9. The fourth-order valence-corrected chi connectivity index (χ4v) is 2.02. The van der Waals surface area contributed by atoms with Gasteiger partial charge >= 0.3 is 0 Å². The van der Waals surface area contributed by atoms with Gasteiger partial charge in [0, 0.05) is 6.21 Å². The van der Waals surface area contributed by atoms with Crippen LogP contribution in [0.2, 0.25) is 0 Å². The highest BCUT2D eigenvalue weighted by Crippen LogP contribution is 2.23. The van der Waals surface area contributed by atoms with Gasteiger partial charge in [0.1, 0.15) is 20.4 Å². The van der Waals surface area contributed by atoms with Crippen LogP contribution in [0.1, 0.15) is 20.8 Å². The topological polar surface area (TPSA) is 47.8 Å². The molecule has 0 amide bonds. The van der Waals surface area contributed by atoms with Crippen molar-refractivity contribution in [2.75, 3.05) is 6.54 Å². The number of dihydropyridines is 1. The predicted octanol–water partition coefficient (Wildman–Crippen LogP) is 2.29. The van der Waals surface area contributed by atoms with Crippen LogP contribution in [0.3, 0.4) is 0 Å². The molecular weight excluding hydrogens is 276 g/mol. The standard InChI is InChI=1S/C10H15BrN2OS/c1-9(2,3)15(14)13-8-10(11)5-4-6-12-7-10/h4-6,8H,7H2,1-3H3. The molecule has 1 aliphatic rings. The van der Waals surface area contributed by atoms with Gasteiger partial charge < -0.3 is 4.55 Å². The number of aliphatic imine (C=N–C) groups is 1. The zero-order valence-electron chi connectivity index (χ0n) is 9.11. The SMILES string of the molecule is CC(C)(C)[S+]([O-])N=CC1(Br)C=CC=NC1. The first kappa shape index (κ1) is 12.9. The minimum absolute atomic E-state index is 0.318. The molecule has 2 unspecified atom stereocenters. The summed E-state index contributed by atoms with van der Waals surface area (Å²) in [4.78, 5) is 4.12. The van der Waals surface area contributed by atoms with Gasteiger partial charge in [0.15, 0.2) is 0 Å². The van der Waals surface area contributed by atoms with E-state index in [4.69, 9.17) is 0 Å². The van der Waals surface area contributed by atoms with Crippen LogP contribution in [0, 0.1) is 0 Å². The number of rotatable bonds is 2. The molecule has 2 atom stereocenters. The summed E-state index contributed by atoms with van der Waals surface area (Å²) < 4.78 is 15.1. The second kappa shape index (κ2) is 4.80. The van der Waals surface area contributed by atoms with E-state index in [1.807, 2.05) is 32.9 Å². The second-order valence-corrected chi connectivity index (χ2v) is 7.78. The van der Waals surface area contributed by atoms with Crippen LogP contribution < -0.4 is 0 Å². The molecular formula is C10H15BrN2OS. The van der Waals surface area contributed by atoms with Crippen LogP contribution in [0.5, 0.6) is 0 Å². The summed E-state index contributed by atoms with van der Waals surface area (Å²) in [6, 6.07) is 0. The summed E-state index contributed by atoms with van der Waals surface area (Å²) in [5, 5.41) is 0. The van der Waals surface area contributed by atoms with Gasteiger partial charge in [0.2, 0.25) is 0 Å². The molecule has 0 aromatic carbocycles. The summed E-state index contributed by atoms with van der Waals surface area (Å²) in [5.74, 6) is 0. The molecule has 1 aliphatic heterocycles. The van der Waals surface area contributed by atoms with Crippen molar-refractivity contribution in [3.05, 3.63) is 12.2 Å². The number of hydrogen-bond acceptors (Lipinski definition) is 3. The molecule has 0 N–H and O–H groups in total. The van der Waals surface area contributed by atoms with Gasteiger partial charge in [0.25, 0.3) is 0 Å². The third-order valence-electron chi connectivity index (χ3n) is 1.79. The monoisotopic (exact) mass is 290 g/mol. The molecule has 0 radical (unpaired) electrons. The minimum Gasteiger partial charge on any atom is -0.591 e. The Kier molecular flexibility index (Phi) is 4.14. The molecule has 0 aromatic heterocycles. The molecule has 0 aromatic rings. The molecule has 15 heavy (non-hydrogen) atoms. The molecule has 5 heteroatoms. The quantitative estimate of drug-likeness (QED) is 0.437. The minimum atomic E-state index is -1.21. The fraction of sp³-hybridized carbons (Fsp3) is 0.600. The number of nitrogens with zero attached hydrogens (tertiary/aromatic N) is 2. The van der Waals surface area contributed by atoms with Gasteiger partial charge in [-0.3, -0.25) is 4.99 Å². The van der Waals surface area contributed by atoms with E-state index in [0.717, 1.165) is 0 Å². The largest absolute Gasteiger partial charge is 0.591 e. The predicted molar refractivity (Wildman–Crippen MR) is 70.5 cm³/mol. The Hall–Kier alpha value is -0.130. The van der Waals surface area contributed by atoms with Crippen molar-refractivity contribution in [1.82, 2.24) is 0 Å². The highest BCUT2D eigenvalue weighted by Gasteiger charge is 2.28. The summed E-state index contributed by atoms with van der Waals surface area (Å²) in [5.41, 5.74) is 0. The van der Waals surface area contributed by atoms with Crippen molar-refractivity contribution >= 4 is 39.7 Å². The zero-order chi connectivity index (χ0) is 11.5. The molecule has 1 rings (SSSR count). The van der Waals surface area contributed by atoms with Crippen molar-refractivity contribution in [2.24, 2.45) is 9.39 Å². The lowest BCUT2D eigenvalue weighted by molar-refractivity contribution is 0.561. The van der Waals surface area contributed by atoms with Crippen LogP contribution in [-0.4, -0.2) is 32.6 Å². The van der Waals surface area contributed by atoms with Gasteiger partial charge in [-0.25, -0.2) is 0 Å². The van der Waals surface area contributed by atoms with E-state index in [0.29, 0.717) is 6.54 Å². The lowest BCUT2D eigenvalue weighted by atomic mass is 10.1. The maximum atomic E-state index is 11.7. The third-order valence-corrected chi connectivity index (χ3v) is 3.85. The first-order chi connectivity index (χ1) is 6.83. The fourth-order valence-electron chi connectivity index (χ4n) is 0.887. The summed E-state index contributed by atoms with van der Waals surface area (Å²) in [7, 11) is 0. The van der Waals surface area contributed by atoms with Gasteiger partial charge in [-0.05, 0) is 26.8 Å². The Balaban J connectivity index is 2.65. The van der Waals surface area contributed by atoms with E-state index in [1.54, 1.807) is 12.4 Å². The van der Waals surface area contributed by atoms with E-state index < -0.39 is 11.4 Å². The molecule has 84 valence electrons. The Morgan fingerprint density at radius 1 is 1.60 bits per heavy atom. The van der Waals surface area contributed by atoms with Crippen LogP contribution >= 0.6 is 15.9 Å². The summed E-state index contributed by atoms with van der Waals surface area (Å²) in [6.45, 7) is 6.29. The Labute approximate surface area is 102 Å². The van der Waals surface area contributed by atoms with Crippen molar-refractivity contribution in [2.45, 2.75) is 29.8 Å². The van der Waals surface area contributed by atoms with E-state index in [2.05, 4.69) is 25.3 Å². The van der Waals surface area contributed by atoms with E-state index >= 15 is 0 Å². The second-order valence-electron chi connectivity index (χ2n) is 4.37. The molecule has 1 heterocycles. The maximum absolute atomic E-state index is 11.7. The molecule has 0 saturated carbocycles. The van der Waals surface area contributed by atoms with Crippen molar-refractivity contribution < 1.29 is 4.55 Å². The van der Waals surface area contributed by atoms with Crippen LogP contribution in [0.15, 0.2) is 21.5 Å². The lowest BCUT2D eigenvalue weighted by Crippen LogP contribution is -2.30. The average molecular weight is 291 g/mol. The molecule has 0 bridgehead atoms. The Morgan fingerprint density at radius 2 is 2.27 bits per heavy atom. The van der Waals surface area contributed by atoms with Crippen LogP contribution in [-0.2, 0) is 11.4 Å². The van der Waals surface area contributed by atoms with Gasteiger partial charge in [0.05, 0.1) is 12.8 Å². The molecule has 0 aliphatic carbocycles.